The summed E-state index contributed by atoms with van der Waals surface area (Å²) in [4.78, 5) is 6.60. The van der Waals surface area contributed by atoms with Crippen molar-refractivity contribution in [2.45, 2.75) is 39.9 Å². The third-order valence-corrected chi connectivity index (χ3v) is 3.59. The fourth-order valence-corrected chi connectivity index (χ4v) is 2.21. The molecule has 0 aliphatic rings. The minimum Gasteiger partial charge on any atom is -0.467 e. The number of hydrogen-bond donors (Lipinski definition) is 1. The summed E-state index contributed by atoms with van der Waals surface area (Å²) in [6, 6.07) is 6.34. The molecule has 0 atom stereocenters. The lowest BCUT2D eigenvalue weighted by molar-refractivity contribution is 0.503. The first kappa shape index (κ1) is 15.9. The zero-order valence-corrected chi connectivity index (χ0v) is 13.5. The molecule has 0 saturated carbocycles. The van der Waals surface area contributed by atoms with E-state index in [0.29, 0.717) is 17.6 Å². The lowest BCUT2D eigenvalue weighted by atomic mass is 10.2. The molecule has 2 aromatic heterocycles. The van der Waals surface area contributed by atoms with Crippen molar-refractivity contribution in [3.05, 3.63) is 47.0 Å². The van der Waals surface area contributed by atoms with Gasteiger partial charge >= 0.3 is 0 Å². The Hall–Kier alpha value is -1.52. The Kier molecular flexibility index (Phi) is 5.65. The second-order valence-corrected chi connectivity index (χ2v) is 5.67. The zero-order chi connectivity index (χ0) is 15.2. The molecule has 2 aromatic rings. The quantitative estimate of drug-likeness (QED) is 0.843. The number of aromatic nitrogens is 1. The van der Waals surface area contributed by atoms with E-state index in [-0.39, 0.29) is 0 Å². The van der Waals surface area contributed by atoms with E-state index in [2.05, 4.69) is 36.0 Å². The maximum atomic E-state index is 6.23. The number of furan rings is 1. The van der Waals surface area contributed by atoms with Crippen LogP contribution in [0.5, 0.6) is 0 Å². The smallest absolute Gasteiger partial charge is 0.129 e. The molecule has 5 heteroatoms. The van der Waals surface area contributed by atoms with E-state index in [1.807, 2.05) is 18.2 Å². The topological polar surface area (TPSA) is 41.3 Å². The van der Waals surface area contributed by atoms with Gasteiger partial charge in [-0.3, -0.25) is 0 Å². The van der Waals surface area contributed by atoms with Gasteiger partial charge in [-0.2, -0.15) is 0 Å². The third kappa shape index (κ3) is 4.48. The van der Waals surface area contributed by atoms with Gasteiger partial charge in [0.2, 0.25) is 0 Å². The summed E-state index contributed by atoms with van der Waals surface area (Å²) in [7, 11) is 0. The number of halogens is 1. The van der Waals surface area contributed by atoms with Crippen molar-refractivity contribution in [2.75, 3.05) is 11.4 Å². The molecule has 0 amide bonds. The molecule has 0 fully saturated rings. The van der Waals surface area contributed by atoms with Crippen LogP contribution in [0.1, 0.15) is 32.1 Å². The van der Waals surface area contributed by atoms with Gasteiger partial charge in [-0.1, -0.05) is 25.4 Å². The Morgan fingerprint density at radius 3 is 2.86 bits per heavy atom. The molecule has 21 heavy (non-hydrogen) atoms. The summed E-state index contributed by atoms with van der Waals surface area (Å²) in [6.45, 7) is 8.63. The number of hydrogen-bond acceptors (Lipinski definition) is 4. The number of pyridine rings is 1. The fourth-order valence-electron chi connectivity index (χ4n) is 2.04. The van der Waals surface area contributed by atoms with Gasteiger partial charge < -0.3 is 14.6 Å². The molecular formula is C16H22ClN3O. The van der Waals surface area contributed by atoms with Crippen molar-refractivity contribution in [2.24, 2.45) is 0 Å². The predicted molar refractivity (Wildman–Crippen MR) is 86.7 cm³/mol. The van der Waals surface area contributed by atoms with Crippen LogP contribution >= 0.6 is 11.6 Å². The van der Waals surface area contributed by atoms with Crippen molar-refractivity contribution in [1.82, 2.24) is 10.3 Å². The van der Waals surface area contributed by atoms with E-state index in [9.17, 15) is 0 Å². The lowest BCUT2D eigenvalue weighted by Gasteiger charge is -2.22. The van der Waals surface area contributed by atoms with E-state index in [4.69, 9.17) is 16.0 Å². The van der Waals surface area contributed by atoms with Gasteiger partial charge in [0.25, 0.3) is 0 Å². The molecule has 4 nitrogen and oxygen atoms in total. The molecule has 0 saturated heterocycles. The third-order valence-electron chi connectivity index (χ3n) is 3.25. The molecule has 2 rings (SSSR count). The fraction of sp³-hybridized carbons (Fsp3) is 0.438. The van der Waals surface area contributed by atoms with Crippen molar-refractivity contribution < 1.29 is 4.42 Å². The molecule has 0 aromatic carbocycles. The Balaban J connectivity index is 2.15. The maximum absolute atomic E-state index is 6.23. The van der Waals surface area contributed by atoms with E-state index in [1.54, 1.807) is 12.5 Å². The Labute approximate surface area is 131 Å². The first-order valence-corrected chi connectivity index (χ1v) is 7.63. The molecule has 1 N–H and O–H groups in total. The second-order valence-electron chi connectivity index (χ2n) is 5.26. The van der Waals surface area contributed by atoms with Crippen LogP contribution in [0.4, 0.5) is 5.82 Å². The Bertz CT molecular complexity index is 555. The monoisotopic (exact) mass is 307 g/mol. The van der Waals surface area contributed by atoms with E-state index in [0.717, 1.165) is 30.2 Å². The highest BCUT2D eigenvalue weighted by Gasteiger charge is 2.11. The van der Waals surface area contributed by atoms with E-state index in [1.165, 1.54) is 0 Å². The second kappa shape index (κ2) is 7.48. The predicted octanol–water partition coefficient (Wildman–Crippen LogP) is 3.85. The zero-order valence-electron chi connectivity index (χ0n) is 12.8. The first-order valence-electron chi connectivity index (χ1n) is 7.25. The molecule has 0 aliphatic carbocycles. The minimum atomic E-state index is 0.420. The summed E-state index contributed by atoms with van der Waals surface area (Å²) in [6.07, 6.45) is 3.41. The van der Waals surface area contributed by atoms with Gasteiger partial charge in [-0.25, -0.2) is 4.98 Å². The summed E-state index contributed by atoms with van der Waals surface area (Å²) < 4.78 is 5.41. The highest BCUT2D eigenvalue weighted by atomic mass is 35.5. The Morgan fingerprint density at radius 1 is 1.43 bits per heavy atom. The average Bonchev–Trinajstić information content (AvgIpc) is 2.97. The van der Waals surface area contributed by atoms with E-state index < -0.39 is 0 Å². The summed E-state index contributed by atoms with van der Waals surface area (Å²) in [5.74, 6) is 1.84. The number of nitrogens with one attached hydrogen (secondary N) is 1. The highest BCUT2D eigenvalue weighted by molar-refractivity contribution is 6.31. The SMILES string of the molecule is CCN(Cc1ccco1)c1cc(CNC(C)C)c(Cl)cn1. The number of rotatable bonds is 7. The molecular weight excluding hydrogens is 286 g/mol. The average molecular weight is 308 g/mol. The van der Waals surface area contributed by atoms with Crippen molar-refractivity contribution in [3.63, 3.8) is 0 Å². The van der Waals surface area contributed by atoms with Gasteiger partial charge in [0.1, 0.15) is 11.6 Å². The molecule has 114 valence electrons. The van der Waals surface area contributed by atoms with Crippen molar-refractivity contribution >= 4 is 17.4 Å². The van der Waals surface area contributed by atoms with Crippen molar-refractivity contribution in [1.29, 1.82) is 0 Å². The normalized spacial score (nSPS) is 11.1. The van der Waals surface area contributed by atoms with Crippen LogP contribution in [0.2, 0.25) is 5.02 Å². The summed E-state index contributed by atoms with van der Waals surface area (Å²) in [5.41, 5.74) is 1.06. The molecule has 0 aliphatic heterocycles. The van der Waals surface area contributed by atoms with Crippen LogP contribution in [0, 0.1) is 0 Å². The van der Waals surface area contributed by atoms with Crippen LogP contribution in [0.25, 0.3) is 0 Å². The van der Waals surface area contributed by atoms with Gasteiger partial charge in [-0.15, -0.1) is 0 Å². The van der Waals surface area contributed by atoms with Gasteiger partial charge in [0.05, 0.1) is 17.8 Å². The number of nitrogens with zero attached hydrogens (tertiary/aromatic N) is 2. The van der Waals surface area contributed by atoms with Crippen LogP contribution in [0.15, 0.2) is 35.1 Å². The standard InChI is InChI=1S/C16H22ClN3O/c1-4-20(11-14-6-5-7-21-14)16-8-13(9-18-12(2)3)15(17)10-19-16/h5-8,10,12,18H,4,9,11H2,1-3H3. The molecule has 0 unspecified atom stereocenters. The van der Waals surface area contributed by atoms with Gasteiger partial charge in [0.15, 0.2) is 0 Å². The van der Waals surface area contributed by atoms with E-state index >= 15 is 0 Å². The largest absolute Gasteiger partial charge is 0.467 e. The molecule has 2 heterocycles. The minimum absolute atomic E-state index is 0.420. The van der Waals surface area contributed by atoms with Gasteiger partial charge in [-0.05, 0) is 30.7 Å². The summed E-state index contributed by atoms with van der Waals surface area (Å²) >= 11 is 6.23. The lowest BCUT2D eigenvalue weighted by Crippen LogP contribution is -2.24. The first-order chi connectivity index (χ1) is 10.1. The molecule has 0 bridgehead atoms. The summed E-state index contributed by atoms with van der Waals surface area (Å²) in [5, 5.41) is 4.08. The van der Waals surface area contributed by atoms with Crippen molar-refractivity contribution in [3.8, 4) is 0 Å². The molecule has 0 radical (unpaired) electrons. The van der Waals surface area contributed by atoms with Crippen LogP contribution in [-0.2, 0) is 13.1 Å². The number of anilines is 1. The van der Waals surface area contributed by atoms with Crippen LogP contribution in [-0.4, -0.2) is 17.6 Å². The molecule has 0 spiro atoms. The van der Waals surface area contributed by atoms with Crippen LogP contribution in [0.3, 0.4) is 0 Å². The highest BCUT2D eigenvalue weighted by Crippen LogP contribution is 2.22. The van der Waals surface area contributed by atoms with Gasteiger partial charge in [0, 0.05) is 25.3 Å². The maximum Gasteiger partial charge on any atom is 0.129 e. The Morgan fingerprint density at radius 2 is 2.24 bits per heavy atom. The van der Waals surface area contributed by atoms with Crippen LogP contribution < -0.4 is 10.2 Å².